The average Bonchev–Trinajstić information content (AvgIpc) is 2.91. The van der Waals surface area contributed by atoms with Gasteiger partial charge in [-0.25, -0.2) is 4.98 Å². The van der Waals surface area contributed by atoms with Gasteiger partial charge in [0.05, 0.1) is 22.2 Å². The lowest BCUT2D eigenvalue weighted by Gasteiger charge is -2.09. The van der Waals surface area contributed by atoms with Crippen molar-refractivity contribution < 1.29 is 4.21 Å². The number of hydrogen-bond acceptors (Lipinski definition) is 3. The van der Waals surface area contributed by atoms with E-state index in [4.69, 9.17) is 11.6 Å². The van der Waals surface area contributed by atoms with E-state index in [0.29, 0.717) is 15.7 Å². The number of hydrogen-bond donors (Lipinski definition) is 0. The van der Waals surface area contributed by atoms with Crippen LogP contribution in [0.5, 0.6) is 0 Å². The van der Waals surface area contributed by atoms with E-state index in [2.05, 4.69) is 16.1 Å². The first-order valence-corrected chi connectivity index (χ1v) is 8.77. The Balaban J connectivity index is 2.41. The predicted octanol–water partition coefficient (Wildman–Crippen LogP) is 3.05. The van der Waals surface area contributed by atoms with E-state index >= 15 is 0 Å². The maximum absolute atomic E-state index is 11.9. The van der Waals surface area contributed by atoms with Crippen molar-refractivity contribution >= 4 is 28.0 Å². The smallest absolute Gasteiger partial charge is 0.144 e. The second-order valence-electron chi connectivity index (χ2n) is 5.48. The standard InChI is InChI=1S/C15H17ClN4OS/c1-8-6-9(2)14-17-10(3)7-20(14)13(8)12-11(16)15(22(5)21)19(4)18-12/h6-7H,1-5H3. The molecule has 1 atom stereocenters. The molecule has 0 aliphatic heterocycles. The SMILES string of the molecule is Cc1cn2c(-c3nn(C)c(S(C)=O)c3Cl)c(C)cc(C)c2n1. The molecule has 7 heteroatoms. The lowest BCUT2D eigenvalue weighted by atomic mass is 10.1. The van der Waals surface area contributed by atoms with Crippen molar-refractivity contribution in [3.63, 3.8) is 0 Å². The molecular weight excluding hydrogens is 320 g/mol. The molecule has 0 aliphatic rings. The highest BCUT2D eigenvalue weighted by molar-refractivity contribution is 7.84. The van der Waals surface area contributed by atoms with Crippen LogP contribution < -0.4 is 0 Å². The van der Waals surface area contributed by atoms with E-state index in [1.165, 1.54) is 0 Å². The fraction of sp³-hybridized carbons (Fsp3) is 0.333. The summed E-state index contributed by atoms with van der Waals surface area (Å²) in [5.41, 5.74) is 5.49. The van der Waals surface area contributed by atoms with E-state index < -0.39 is 10.8 Å². The number of aryl methyl sites for hydroxylation is 4. The molecule has 1 unspecified atom stereocenters. The third-order valence-electron chi connectivity index (χ3n) is 3.66. The summed E-state index contributed by atoms with van der Waals surface area (Å²) in [7, 11) is 0.555. The average molecular weight is 337 g/mol. The quantitative estimate of drug-likeness (QED) is 0.722. The first-order chi connectivity index (χ1) is 10.3. The van der Waals surface area contributed by atoms with Gasteiger partial charge in [0, 0.05) is 19.5 Å². The minimum atomic E-state index is -1.20. The largest absolute Gasteiger partial charge is 0.297 e. The Morgan fingerprint density at radius 2 is 1.91 bits per heavy atom. The Kier molecular flexibility index (Phi) is 3.61. The Bertz CT molecular complexity index is 926. The fourth-order valence-electron chi connectivity index (χ4n) is 2.84. The van der Waals surface area contributed by atoms with Crippen molar-refractivity contribution in [1.29, 1.82) is 0 Å². The Hall–Kier alpha value is -1.66. The van der Waals surface area contributed by atoms with Gasteiger partial charge in [-0.05, 0) is 31.9 Å². The number of rotatable bonds is 2. The van der Waals surface area contributed by atoms with Gasteiger partial charge in [-0.2, -0.15) is 5.10 Å². The summed E-state index contributed by atoms with van der Waals surface area (Å²) in [4.78, 5) is 4.56. The zero-order valence-electron chi connectivity index (χ0n) is 13.1. The number of nitrogens with zero attached hydrogens (tertiary/aromatic N) is 4. The predicted molar refractivity (Wildman–Crippen MR) is 88.9 cm³/mol. The number of aromatic nitrogens is 4. The molecule has 0 saturated carbocycles. The molecule has 0 radical (unpaired) electrons. The summed E-state index contributed by atoms with van der Waals surface area (Å²) in [6.45, 7) is 6.01. The highest BCUT2D eigenvalue weighted by Gasteiger charge is 2.22. The van der Waals surface area contributed by atoms with Crippen LogP contribution >= 0.6 is 11.6 Å². The second kappa shape index (κ2) is 5.21. The summed E-state index contributed by atoms with van der Waals surface area (Å²) in [6.07, 6.45) is 3.57. The molecule has 0 aliphatic carbocycles. The van der Waals surface area contributed by atoms with Gasteiger partial charge in [0.2, 0.25) is 0 Å². The monoisotopic (exact) mass is 336 g/mol. The van der Waals surface area contributed by atoms with Crippen molar-refractivity contribution in [2.45, 2.75) is 25.8 Å². The van der Waals surface area contributed by atoms with Crippen molar-refractivity contribution in [1.82, 2.24) is 19.2 Å². The van der Waals surface area contributed by atoms with Gasteiger partial charge >= 0.3 is 0 Å². The van der Waals surface area contributed by atoms with Gasteiger partial charge in [0.15, 0.2) is 0 Å². The minimum absolute atomic E-state index is 0.433. The van der Waals surface area contributed by atoms with Gasteiger partial charge in [0.25, 0.3) is 0 Å². The fourth-order valence-corrected chi connectivity index (χ4v) is 4.18. The summed E-state index contributed by atoms with van der Waals surface area (Å²) in [5, 5.41) is 5.46. The maximum atomic E-state index is 11.9. The van der Waals surface area contributed by atoms with Gasteiger partial charge < -0.3 is 0 Å². The second-order valence-corrected chi connectivity index (χ2v) is 7.15. The van der Waals surface area contributed by atoms with Gasteiger partial charge in [-0.1, -0.05) is 17.7 Å². The molecule has 0 spiro atoms. The van der Waals surface area contributed by atoms with E-state index in [-0.39, 0.29) is 0 Å². The van der Waals surface area contributed by atoms with Crippen LogP contribution in [0.1, 0.15) is 16.8 Å². The number of halogens is 1. The van der Waals surface area contributed by atoms with Crippen molar-refractivity contribution in [3.05, 3.63) is 34.1 Å². The van der Waals surface area contributed by atoms with Crippen LogP contribution in [0.2, 0.25) is 5.02 Å². The van der Waals surface area contributed by atoms with E-state index in [1.807, 2.05) is 31.4 Å². The van der Waals surface area contributed by atoms with E-state index in [1.54, 1.807) is 18.0 Å². The molecule has 5 nitrogen and oxygen atoms in total. The number of fused-ring (bicyclic) bond motifs is 1. The third kappa shape index (κ3) is 2.18. The lowest BCUT2D eigenvalue weighted by molar-refractivity contribution is 0.656. The van der Waals surface area contributed by atoms with E-state index in [9.17, 15) is 4.21 Å². The molecule has 0 N–H and O–H groups in total. The van der Waals surface area contributed by atoms with Gasteiger partial charge in [-0.15, -0.1) is 0 Å². The molecule has 3 aromatic heterocycles. The van der Waals surface area contributed by atoms with Crippen LogP contribution in [0.3, 0.4) is 0 Å². The van der Waals surface area contributed by atoms with Gasteiger partial charge in [-0.3, -0.25) is 13.3 Å². The molecule has 0 saturated heterocycles. The normalized spacial score (nSPS) is 13.0. The molecule has 116 valence electrons. The van der Waals surface area contributed by atoms with Crippen molar-refractivity contribution in [2.75, 3.05) is 6.26 Å². The molecule has 22 heavy (non-hydrogen) atoms. The molecule has 3 rings (SSSR count). The van der Waals surface area contributed by atoms with Crippen LogP contribution in [0.4, 0.5) is 0 Å². The topological polar surface area (TPSA) is 52.2 Å². The number of pyridine rings is 1. The van der Waals surface area contributed by atoms with Crippen molar-refractivity contribution in [2.24, 2.45) is 7.05 Å². The molecule has 0 bridgehead atoms. The Morgan fingerprint density at radius 3 is 2.50 bits per heavy atom. The van der Waals surface area contributed by atoms with E-state index in [0.717, 1.165) is 28.2 Å². The van der Waals surface area contributed by atoms with Crippen LogP contribution in [-0.2, 0) is 17.8 Å². The highest BCUT2D eigenvalue weighted by Crippen LogP contribution is 2.34. The lowest BCUT2D eigenvalue weighted by Crippen LogP contribution is -2.00. The van der Waals surface area contributed by atoms with Crippen molar-refractivity contribution in [3.8, 4) is 11.4 Å². The van der Waals surface area contributed by atoms with Crippen LogP contribution in [0.25, 0.3) is 17.0 Å². The minimum Gasteiger partial charge on any atom is -0.297 e. The summed E-state index contributed by atoms with van der Waals surface area (Å²) < 4.78 is 15.5. The molecule has 0 fully saturated rings. The molecule has 0 aromatic carbocycles. The van der Waals surface area contributed by atoms with Crippen LogP contribution in [0.15, 0.2) is 17.3 Å². The zero-order valence-corrected chi connectivity index (χ0v) is 14.7. The summed E-state index contributed by atoms with van der Waals surface area (Å²) in [5.74, 6) is 0. The number of imidazole rings is 1. The van der Waals surface area contributed by atoms with Crippen LogP contribution in [-0.4, -0.2) is 29.6 Å². The van der Waals surface area contributed by atoms with Gasteiger partial charge in [0.1, 0.15) is 21.4 Å². The highest BCUT2D eigenvalue weighted by atomic mass is 35.5. The third-order valence-corrected chi connectivity index (χ3v) is 5.15. The van der Waals surface area contributed by atoms with Crippen LogP contribution in [0, 0.1) is 20.8 Å². The summed E-state index contributed by atoms with van der Waals surface area (Å²) in [6, 6.07) is 2.07. The first-order valence-electron chi connectivity index (χ1n) is 6.83. The molecular formula is C15H17ClN4OS. The maximum Gasteiger partial charge on any atom is 0.144 e. The molecule has 0 amide bonds. The first kappa shape index (κ1) is 15.2. The Labute approximate surface area is 136 Å². The molecule has 3 aromatic rings. The molecule has 3 heterocycles. The zero-order chi connectivity index (χ0) is 16.2. The Morgan fingerprint density at radius 1 is 1.23 bits per heavy atom. The summed E-state index contributed by atoms with van der Waals surface area (Å²) >= 11 is 6.47.